The van der Waals surface area contributed by atoms with Crippen LogP contribution in [-0.2, 0) is 14.4 Å². The second-order valence-electron chi connectivity index (χ2n) is 3.47. The Morgan fingerprint density at radius 1 is 1.11 bits per heavy atom. The van der Waals surface area contributed by atoms with Crippen molar-refractivity contribution in [3.05, 3.63) is 35.4 Å². The monoisotopic (exact) mass is 270 g/mol. The van der Waals surface area contributed by atoms with Crippen molar-refractivity contribution < 1.29 is 29.2 Å². The lowest BCUT2D eigenvalue weighted by Crippen LogP contribution is -2.13. The number of hydrogen-bond acceptors (Lipinski definition) is 6. The second-order valence-corrected chi connectivity index (χ2v) is 3.47. The number of rotatable bonds is 4. The Labute approximate surface area is 111 Å². The van der Waals surface area contributed by atoms with E-state index < -0.39 is 11.9 Å². The highest BCUT2D eigenvalue weighted by Crippen LogP contribution is 2.11. The maximum atomic E-state index is 11.5. The van der Waals surface area contributed by atoms with E-state index in [0.29, 0.717) is 6.42 Å². The van der Waals surface area contributed by atoms with E-state index in [2.05, 4.69) is 9.62 Å². The van der Waals surface area contributed by atoms with Gasteiger partial charge in [-0.15, -0.1) is 0 Å². The summed E-state index contributed by atoms with van der Waals surface area (Å²) in [7, 11) is 3.25. The Kier molecular flexibility index (Phi) is 9.03. The SMILES string of the molecule is CCCOC(=O)c1ccccc1C(=O)OO.COC. The molecule has 0 unspecified atom stereocenters. The molecule has 0 aliphatic carbocycles. The molecule has 0 saturated carbocycles. The molecule has 0 aromatic heterocycles. The van der Waals surface area contributed by atoms with Crippen molar-refractivity contribution >= 4 is 11.9 Å². The van der Waals surface area contributed by atoms with Crippen molar-refractivity contribution in [1.82, 2.24) is 0 Å². The molecule has 1 aromatic rings. The first-order chi connectivity index (χ1) is 9.12. The first-order valence-electron chi connectivity index (χ1n) is 5.64. The van der Waals surface area contributed by atoms with Crippen molar-refractivity contribution in [2.75, 3.05) is 20.8 Å². The van der Waals surface area contributed by atoms with Crippen LogP contribution in [-0.4, -0.2) is 38.0 Å². The molecule has 0 bridgehead atoms. The van der Waals surface area contributed by atoms with Gasteiger partial charge in [0.15, 0.2) is 0 Å². The Balaban J connectivity index is 0.000000982. The van der Waals surface area contributed by atoms with E-state index in [1.165, 1.54) is 12.1 Å². The molecule has 0 aliphatic rings. The molecule has 6 nitrogen and oxygen atoms in total. The van der Waals surface area contributed by atoms with Crippen LogP contribution in [0.1, 0.15) is 34.1 Å². The summed E-state index contributed by atoms with van der Waals surface area (Å²) in [6.45, 7) is 2.14. The number of esters is 1. The van der Waals surface area contributed by atoms with Crippen LogP contribution in [0.4, 0.5) is 0 Å². The smallest absolute Gasteiger partial charge is 0.373 e. The third-order valence-corrected chi connectivity index (χ3v) is 1.89. The average Bonchev–Trinajstić information content (AvgIpc) is 2.44. The lowest BCUT2D eigenvalue weighted by molar-refractivity contribution is -0.182. The standard InChI is InChI=1S/C11H12O5.C2H6O/c1-2-7-15-10(12)8-5-3-4-6-9(8)11(13)16-14;1-3-2/h3-6,14H,2,7H2,1H3;1-2H3. The molecule has 19 heavy (non-hydrogen) atoms. The normalized spacial score (nSPS) is 9.05. The van der Waals surface area contributed by atoms with Gasteiger partial charge >= 0.3 is 11.9 Å². The van der Waals surface area contributed by atoms with Crippen molar-refractivity contribution in [3.8, 4) is 0 Å². The molecule has 0 fully saturated rings. The third-order valence-electron chi connectivity index (χ3n) is 1.89. The minimum absolute atomic E-state index is 0.0221. The van der Waals surface area contributed by atoms with Crippen molar-refractivity contribution in [2.45, 2.75) is 13.3 Å². The summed E-state index contributed by atoms with van der Waals surface area (Å²) in [4.78, 5) is 26.3. The fourth-order valence-corrected chi connectivity index (χ4v) is 1.16. The highest BCUT2D eigenvalue weighted by Gasteiger charge is 2.18. The number of benzene rings is 1. The molecule has 106 valence electrons. The zero-order chi connectivity index (χ0) is 14.7. The van der Waals surface area contributed by atoms with Crippen LogP contribution in [0.2, 0.25) is 0 Å². The van der Waals surface area contributed by atoms with Gasteiger partial charge in [0.05, 0.1) is 17.7 Å². The van der Waals surface area contributed by atoms with E-state index in [9.17, 15) is 9.59 Å². The largest absolute Gasteiger partial charge is 0.462 e. The zero-order valence-electron chi connectivity index (χ0n) is 11.2. The average molecular weight is 270 g/mol. The van der Waals surface area contributed by atoms with Crippen LogP contribution in [0.15, 0.2) is 24.3 Å². The molecule has 1 rings (SSSR count). The molecule has 0 saturated heterocycles. The minimum Gasteiger partial charge on any atom is -0.462 e. The second kappa shape index (κ2) is 10.0. The maximum Gasteiger partial charge on any atom is 0.373 e. The van der Waals surface area contributed by atoms with Gasteiger partial charge in [0, 0.05) is 14.2 Å². The van der Waals surface area contributed by atoms with Gasteiger partial charge in [-0.1, -0.05) is 19.1 Å². The summed E-state index contributed by atoms with van der Waals surface area (Å²) in [6.07, 6.45) is 0.693. The predicted molar refractivity (Wildman–Crippen MR) is 68.0 cm³/mol. The molecule has 0 atom stereocenters. The third kappa shape index (κ3) is 5.98. The van der Waals surface area contributed by atoms with Gasteiger partial charge in [0.1, 0.15) is 0 Å². The summed E-state index contributed by atoms with van der Waals surface area (Å²) in [5, 5.41) is 8.27. The number of ether oxygens (including phenoxy) is 2. The number of carbonyl (C=O) groups is 2. The highest BCUT2D eigenvalue weighted by molar-refractivity contribution is 6.02. The first-order valence-corrected chi connectivity index (χ1v) is 5.64. The van der Waals surface area contributed by atoms with Crippen LogP contribution in [0, 0.1) is 0 Å². The molecule has 0 aliphatic heterocycles. The van der Waals surface area contributed by atoms with Crippen molar-refractivity contribution in [3.63, 3.8) is 0 Å². The van der Waals surface area contributed by atoms with Crippen LogP contribution in [0.3, 0.4) is 0 Å². The fraction of sp³-hybridized carbons (Fsp3) is 0.385. The fourth-order valence-electron chi connectivity index (χ4n) is 1.16. The van der Waals surface area contributed by atoms with Crippen LogP contribution in [0.25, 0.3) is 0 Å². The molecule has 6 heteroatoms. The van der Waals surface area contributed by atoms with E-state index in [1.807, 2.05) is 6.92 Å². The van der Waals surface area contributed by atoms with Gasteiger partial charge in [-0.25, -0.2) is 9.59 Å². The lowest BCUT2D eigenvalue weighted by atomic mass is 10.1. The number of methoxy groups -OCH3 is 1. The molecular formula is C13H18O6. The van der Waals surface area contributed by atoms with Gasteiger partial charge in [-0.2, -0.15) is 5.26 Å². The van der Waals surface area contributed by atoms with Gasteiger partial charge in [0.2, 0.25) is 0 Å². The molecular weight excluding hydrogens is 252 g/mol. The van der Waals surface area contributed by atoms with Crippen LogP contribution >= 0.6 is 0 Å². The summed E-state index contributed by atoms with van der Waals surface area (Å²) >= 11 is 0. The van der Waals surface area contributed by atoms with Gasteiger partial charge in [-0.05, 0) is 18.6 Å². The Morgan fingerprint density at radius 2 is 1.58 bits per heavy atom. The Hall–Kier alpha value is -1.92. The number of hydrogen-bond donors (Lipinski definition) is 1. The molecule has 0 radical (unpaired) electrons. The summed E-state index contributed by atoms with van der Waals surface area (Å²) in [5.41, 5.74) is 0.0566. The molecule has 0 heterocycles. The van der Waals surface area contributed by atoms with E-state index in [4.69, 9.17) is 9.99 Å². The summed E-state index contributed by atoms with van der Waals surface area (Å²) in [6, 6.07) is 5.96. The topological polar surface area (TPSA) is 82.1 Å². The van der Waals surface area contributed by atoms with Gasteiger partial charge in [0.25, 0.3) is 0 Å². The zero-order valence-corrected chi connectivity index (χ0v) is 11.2. The van der Waals surface area contributed by atoms with Crippen molar-refractivity contribution in [1.29, 1.82) is 0 Å². The molecule has 0 amide bonds. The van der Waals surface area contributed by atoms with Gasteiger partial charge in [-0.3, -0.25) is 4.89 Å². The lowest BCUT2D eigenvalue weighted by Gasteiger charge is -2.06. The quantitative estimate of drug-likeness (QED) is 0.513. The molecule has 1 N–H and O–H groups in total. The maximum absolute atomic E-state index is 11.5. The van der Waals surface area contributed by atoms with Crippen molar-refractivity contribution in [2.24, 2.45) is 0 Å². The van der Waals surface area contributed by atoms with E-state index in [1.54, 1.807) is 26.4 Å². The molecule has 0 spiro atoms. The Morgan fingerprint density at radius 3 is 2.00 bits per heavy atom. The highest BCUT2D eigenvalue weighted by atomic mass is 17.1. The summed E-state index contributed by atoms with van der Waals surface area (Å²) in [5.74, 6) is -1.59. The first kappa shape index (κ1) is 17.1. The van der Waals surface area contributed by atoms with Crippen LogP contribution < -0.4 is 0 Å². The number of carbonyl (C=O) groups excluding carboxylic acids is 2. The predicted octanol–water partition coefficient (Wildman–Crippen LogP) is 2.15. The van der Waals surface area contributed by atoms with Gasteiger partial charge < -0.3 is 9.47 Å². The molecule has 1 aromatic carbocycles. The van der Waals surface area contributed by atoms with E-state index >= 15 is 0 Å². The summed E-state index contributed by atoms with van der Waals surface area (Å²) < 4.78 is 9.13. The van der Waals surface area contributed by atoms with E-state index in [-0.39, 0.29) is 17.7 Å². The van der Waals surface area contributed by atoms with E-state index in [0.717, 1.165) is 0 Å². The minimum atomic E-state index is -0.982. The Bertz CT molecular complexity index is 402. The van der Waals surface area contributed by atoms with Crippen LogP contribution in [0.5, 0.6) is 0 Å².